The molecule has 5 heteroatoms. The summed E-state index contributed by atoms with van der Waals surface area (Å²) in [5.41, 5.74) is 1.10. The van der Waals surface area contributed by atoms with Crippen LogP contribution in [0.25, 0.3) is 0 Å². The standard InChI is InChI=1S/C14H23NO4/c1-16-10-14(19-4)9-15-8-11-5-12(17-2)7-13(6-11)18-3/h5-7,14-15H,8-10H2,1-4H3. The highest BCUT2D eigenvalue weighted by atomic mass is 16.5. The first-order valence-corrected chi connectivity index (χ1v) is 6.17. The van der Waals surface area contributed by atoms with Gasteiger partial charge in [-0.25, -0.2) is 0 Å². The number of ether oxygens (including phenoxy) is 4. The van der Waals surface area contributed by atoms with Crippen molar-refractivity contribution in [2.75, 3.05) is 41.6 Å². The van der Waals surface area contributed by atoms with Gasteiger partial charge in [0.1, 0.15) is 11.5 Å². The average Bonchev–Trinajstić information content (AvgIpc) is 2.45. The van der Waals surface area contributed by atoms with Crippen molar-refractivity contribution in [1.82, 2.24) is 5.32 Å². The summed E-state index contributed by atoms with van der Waals surface area (Å²) >= 11 is 0. The summed E-state index contributed by atoms with van der Waals surface area (Å²) in [5, 5.41) is 3.32. The lowest BCUT2D eigenvalue weighted by atomic mass is 10.2. The first-order chi connectivity index (χ1) is 9.23. The highest BCUT2D eigenvalue weighted by Crippen LogP contribution is 2.22. The van der Waals surface area contributed by atoms with Crippen LogP contribution in [-0.2, 0) is 16.0 Å². The summed E-state index contributed by atoms with van der Waals surface area (Å²) in [6.07, 6.45) is 0.0532. The molecule has 0 aliphatic rings. The normalized spacial score (nSPS) is 12.2. The first kappa shape index (κ1) is 15.8. The Morgan fingerprint density at radius 3 is 2.11 bits per heavy atom. The van der Waals surface area contributed by atoms with Gasteiger partial charge in [-0.15, -0.1) is 0 Å². The number of methoxy groups -OCH3 is 4. The molecule has 19 heavy (non-hydrogen) atoms. The summed E-state index contributed by atoms with van der Waals surface area (Å²) in [6.45, 7) is 2.02. The van der Waals surface area contributed by atoms with E-state index < -0.39 is 0 Å². The fraction of sp³-hybridized carbons (Fsp3) is 0.571. The first-order valence-electron chi connectivity index (χ1n) is 6.17. The largest absolute Gasteiger partial charge is 0.497 e. The van der Waals surface area contributed by atoms with Crippen LogP contribution < -0.4 is 14.8 Å². The van der Waals surface area contributed by atoms with Gasteiger partial charge in [0, 0.05) is 33.4 Å². The lowest BCUT2D eigenvalue weighted by Gasteiger charge is -2.15. The Balaban J connectivity index is 2.52. The molecule has 0 saturated carbocycles. The minimum absolute atomic E-state index is 0.0532. The number of nitrogens with one attached hydrogen (secondary N) is 1. The fourth-order valence-electron chi connectivity index (χ4n) is 1.74. The van der Waals surface area contributed by atoms with Gasteiger partial charge < -0.3 is 24.3 Å². The van der Waals surface area contributed by atoms with Gasteiger partial charge in [-0.2, -0.15) is 0 Å². The molecule has 0 aliphatic carbocycles. The predicted molar refractivity (Wildman–Crippen MR) is 73.9 cm³/mol. The molecule has 1 rings (SSSR count). The third-order valence-electron chi connectivity index (χ3n) is 2.80. The van der Waals surface area contributed by atoms with E-state index in [0.29, 0.717) is 6.61 Å². The number of benzene rings is 1. The van der Waals surface area contributed by atoms with E-state index >= 15 is 0 Å². The van der Waals surface area contributed by atoms with Crippen molar-refractivity contribution in [3.63, 3.8) is 0 Å². The second-order valence-electron chi connectivity index (χ2n) is 4.16. The number of hydrogen-bond donors (Lipinski definition) is 1. The van der Waals surface area contributed by atoms with Crippen LogP contribution in [0.15, 0.2) is 18.2 Å². The minimum Gasteiger partial charge on any atom is -0.497 e. The van der Waals surface area contributed by atoms with E-state index in [2.05, 4.69) is 5.32 Å². The predicted octanol–water partition coefficient (Wildman–Crippen LogP) is 1.45. The van der Waals surface area contributed by atoms with Crippen molar-refractivity contribution < 1.29 is 18.9 Å². The highest BCUT2D eigenvalue weighted by molar-refractivity contribution is 5.38. The molecular weight excluding hydrogens is 246 g/mol. The maximum Gasteiger partial charge on any atom is 0.122 e. The lowest BCUT2D eigenvalue weighted by Crippen LogP contribution is -2.31. The zero-order valence-corrected chi connectivity index (χ0v) is 12.1. The molecule has 0 heterocycles. The molecule has 0 spiro atoms. The molecule has 5 nitrogen and oxygen atoms in total. The van der Waals surface area contributed by atoms with Crippen molar-refractivity contribution in [1.29, 1.82) is 0 Å². The molecule has 0 radical (unpaired) electrons. The summed E-state index contributed by atoms with van der Waals surface area (Å²) in [5.74, 6) is 1.58. The SMILES string of the molecule is COCC(CNCc1cc(OC)cc(OC)c1)OC. The molecule has 108 valence electrons. The molecule has 1 unspecified atom stereocenters. The number of hydrogen-bond acceptors (Lipinski definition) is 5. The molecule has 0 bridgehead atoms. The Bertz CT molecular complexity index is 348. The molecule has 1 atom stereocenters. The average molecular weight is 269 g/mol. The van der Waals surface area contributed by atoms with E-state index in [-0.39, 0.29) is 6.10 Å². The van der Waals surface area contributed by atoms with E-state index in [4.69, 9.17) is 18.9 Å². The van der Waals surface area contributed by atoms with Gasteiger partial charge in [0.2, 0.25) is 0 Å². The summed E-state index contributed by atoms with van der Waals surface area (Å²) in [7, 11) is 6.63. The van der Waals surface area contributed by atoms with Crippen LogP contribution in [0.1, 0.15) is 5.56 Å². The molecule has 0 saturated heterocycles. The maximum absolute atomic E-state index is 5.28. The van der Waals surface area contributed by atoms with Crippen molar-refractivity contribution in [2.24, 2.45) is 0 Å². The summed E-state index contributed by atoms with van der Waals surface area (Å²) in [6, 6.07) is 5.81. The summed E-state index contributed by atoms with van der Waals surface area (Å²) in [4.78, 5) is 0. The second-order valence-corrected chi connectivity index (χ2v) is 4.16. The van der Waals surface area contributed by atoms with E-state index in [1.807, 2.05) is 18.2 Å². The maximum atomic E-state index is 5.28. The van der Waals surface area contributed by atoms with Crippen LogP contribution >= 0.6 is 0 Å². The molecule has 1 aromatic rings. The lowest BCUT2D eigenvalue weighted by molar-refractivity contribution is 0.0288. The third kappa shape index (κ3) is 5.46. The van der Waals surface area contributed by atoms with E-state index in [0.717, 1.165) is 30.2 Å². The Kier molecular flexibility index (Phi) is 7.25. The van der Waals surface area contributed by atoms with Crippen LogP contribution in [0.3, 0.4) is 0 Å². The Morgan fingerprint density at radius 2 is 1.63 bits per heavy atom. The zero-order valence-electron chi connectivity index (χ0n) is 12.1. The van der Waals surface area contributed by atoms with Gasteiger partial charge in [-0.3, -0.25) is 0 Å². The fourth-order valence-corrected chi connectivity index (χ4v) is 1.74. The van der Waals surface area contributed by atoms with Gasteiger partial charge >= 0.3 is 0 Å². The van der Waals surface area contributed by atoms with Crippen LogP contribution in [-0.4, -0.2) is 47.7 Å². The van der Waals surface area contributed by atoms with Crippen LogP contribution in [0.4, 0.5) is 0 Å². The van der Waals surface area contributed by atoms with Crippen molar-refractivity contribution in [3.8, 4) is 11.5 Å². The number of rotatable bonds is 9. The molecular formula is C14H23NO4. The van der Waals surface area contributed by atoms with Crippen LogP contribution in [0.2, 0.25) is 0 Å². The van der Waals surface area contributed by atoms with E-state index in [9.17, 15) is 0 Å². The molecule has 0 aliphatic heterocycles. The topological polar surface area (TPSA) is 49.0 Å². The van der Waals surface area contributed by atoms with Gasteiger partial charge in [-0.05, 0) is 17.7 Å². The van der Waals surface area contributed by atoms with E-state index in [1.165, 1.54) is 0 Å². The third-order valence-corrected chi connectivity index (χ3v) is 2.80. The van der Waals surface area contributed by atoms with Crippen molar-refractivity contribution in [2.45, 2.75) is 12.6 Å². The Hall–Kier alpha value is -1.30. The van der Waals surface area contributed by atoms with Gasteiger partial charge in [0.05, 0.1) is 26.9 Å². The van der Waals surface area contributed by atoms with Crippen molar-refractivity contribution >= 4 is 0 Å². The van der Waals surface area contributed by atoms with E-state index in [1.54, 1.807) is 28.4 Å². The molecule has 1 aromatic carbocycles. The quantitative estimate of drug-likeness (QED) is 0.735. The summed E-state index contributed by atoms with van der Waals surface area (Å²) < 4.78 is 20.8. The molecule has 0 fully saturated rings. The monoisotopic (exact) mass is 269 g/mol. The molecule has 0 aromatic heterocycles. The molecule has 0 amide bonds. The van der Waals surface area contributed by atoms with Gasteiger partial charge in [0.15, 0.2) is 0 Å². The Morgan fingerprint density at radius 1 is 1.00 bits per heavy atom. The minimum atomic E-state index is 0.0532. The zero-order chi connectivity index (χ0) is 14.1. The van der Waals surface area contributed by atoms with Gasteiger partial charge in [0.25, 0.3) is 0 Å². The van der Waals surface area contributed by atoms with Crippen LogP contribution in [0.5, 0.6) is 11.5 Å². The van der Waals surface area contributed by atoms with Crippen molar-refractivity contribution in [3.05, 3.63) is 23.8 Å². The van der Waals surface area contributed by atoms with Crippen LogP contribution in [0, 0.1) is 0 Å². The molecule has 1 N–H and O–H groups in total. The smallest absolute Gasteiger partial charge is 0.122 e. The second kappa shape index (κ2) is 8.74. The highest BCUT2D eigenvalue weighted by Gasteiger charge is 2.07. The Labute approximate surface area is 114 Å². The van der Waals surface area contributed by atoms with Gasteiger partial charge in [-0.1, -0.05) is 0 Å².